The molecule has 0 unspecified atom stereocenters. The van der Waals surface area contributed by atoms with Gasteiger partial charge in [0.2, 0.25) is 11.8 Å². The summed E-state index contributed by atoms with van der Waals surface area (Å²) in [5.41, 5.74) is 3.21. The molecule has 3 amide bonds. The van der Waals surface area contributed by atoms with Crippen LogP contribution in [0.2, 0.25) is 0 Å². The zero-order valence-electron chi connectivity index (χ0n) is 15.0. The Morgan fingerprint density at radius 2 is 1.77 bits per heavy atom. The first kappa shape index (κ1) is 17.7. The molecule has 1 atom stereocenters. The van der Waals surface area contributed by atoms with Gasteiger partial charge in [0, 0.05) is 6.92 Å². The summed E-state index contributed by atoms with van der Waals surface area (Å²) in [6, 6.07) is 5.39. The molecule has 2 heterocycles. The van der Waals surface area contributed by atoms with E-state index >= 15 is 0 Å². The number of esters is 1. The van der Waals surface area contributed by atoms with E-state index in [1.54, 1.807) is 12.1 Å². The number of ether oxygens (including phenoxy) is 1. The van der Waals surface area contributed by atoms with Crippen molar-refractivity contribution >= 4 is 29.4 Å². The van der Waals surface area contributed by atoms with Crippen LogP contribution >= 0.6 is 0 Å². The number of carbonyl (C=O) groups excluding carboxylic acids is 4. The first-order valence-electron chi connectivity index (χ1n) is 8.04. The quantitative estimate of drug-likeness (QED) is 0.619. The van der Waals surface area contributed by atoms with E-state index in [9.17, 15) is 19.2 Å². The third-order valence-electron chi connectivity index (χ3n) is 4.44. The highest BCUT2D eigenvalue weighted by Crippen LogP contribution is 2.38. The minimum absolute atomic E-state index is 0.0499. The van der Waals surface area contributed by atoms with Crippen LogP contribution in [0, 0.1) is 13.8 Å². The molecule has 3 rings (SSSR count). The van der Waals surface area contributed by atoms with Gasteiger partial charge in [-0.3, -0.25) is 19.8 Å². The minimum atomic E-state index is -1.58. The Hall–Kier alpha value is -3.16. The fraction of sp³-hybridized carbons (Fsp3) is 0.333. The van der Waals surface area contributed by atoms with Crippen molar-refractivity contribution in [1.82, 2.24) is 10.4 Å². The first-order chi connectivity index (χ1) is 12.2. The first-order valence-corrected chi connectivity index (χ1v) is 8.04. The Morgan fingerprint density at radius 1 is 1.15 bits per heavy atom. The molecule has 0 bridgehead atoms. The number of hydrazine groups is 1. The lowest BCUT2D eigenvalue weighted by molar-refractivity contribution is -0.143. The predicted molar refractivity (Wildman–Crippen MR) is 91.5 cm³/mol. The number of amides is 3. The van der Waals surface area contributed by atoms with Crippen LogP contribution in [0.1, 0.15) is 24.5 Å². The Morgan fingerprint density at radius 3 is 2.31 bits per heavy atom. The maximum absolute atomic E-state index is 13.2. The lowest BCUT2D eigenvalue weighted by atomic mass is 9.96. The molecule has 2 aliphatic heterocycles. The second-order valence-corrected chi connectivity index (χ2v) is 6.50. The van der Waals surface area contributed by atoms with E-state index in [1.807, 2.05) is 19.9 Å². The molecule has 0 saturated carbocycles. The Kier molecular flexibility index (Phi) is 4.06. The van der Waals surface area contributed by atoms with Gasteiger partial charge < -0.3 is 4.74 Å². The third-order valence-corrected chi connectivity index (χ3v) is 4.44. The van der Waals surface area contributed by atoms with Crippen molar-refractivity contribution < 1.29 is 23.9 Å². The molecule has 1 spiro atoms. The van der Waals surface area contributed by atoms with Crippen LogP contribution in [0.15, 0.2) is 30.0 Å². The maximum atomic E-state index is 13.2. The number of hydrogen-bond acceptors (Lipinski definition) is 6. The molecular formula is C18H19N3O5. The number of rotatable bonds is 2. The topological polar surface area (TPSA) is 96.0 Å². The summed E-state index contributed by atoms with van der Waals surface area (Å²) in [6.07, 6.45) is 1.04. The second-order valence-electron chi connectivity index (χ2n) is 6.50. The monoisotopic (exact) mass is 357 g/mol. The molecule has 1 saturated heterocycles. The van der Waals surface area contributed by atoms with Gasteiger partial charge in [0.25, 0.3) is 5.91 Å². The standard InChI is InChI=1S/C18H19N3O5/c1-10-5-11(2)7-13(6-10)20-15(23)9-18(17(20)25)8-14(16(24)26-4)19-21(18)12(3)22/h5-8,19H,9H2,1-4H3/t18-/m0/s1. The molecule has 1 N–H and O–H groups in total. The zero-order valence-corrected chi connectivity index (χ0v) is 15.0. The summed E-state index contributed by atoms with van der Waals surface area (Å²) in [6.45, 7) is 4.98. The van der Waals surface area contributed by atoms with Crippen molar-refractivity contribution in [3.63, 3.8) is 0 Å². The van der Waals surface area contributed by atoms with Gasteiger partial charge in [0.05, 0.1) is 19.2 Å². The van der Waals surface area contributed by atoms with Gasteiger partial charge >= 0.3 is 5.97 Å². The van der Waals surface area contributed by atoms with Crippen LogP contribution in [0.5, 0.6) is 0 Å². The summed E-state index contributed by atoms with van der Waals surface area (Å²) in [5.74, 6) is -2.26. The number of nitrogens with zero attached hydrogens (tertiary/aromatic N) is 2. The molecule has 0 aliphatic carbocycles. The highest BCUT2D eigenvalue weighted by molar-refractivity contribution is 6.26. The summed E-state index contributed by atoms with van der Waals surface area (Å²) in [4.78, 5) is 50.9. The summed E-state index contributed by atoms with van der Waals surface area (Å²) in [7, 11) is 1.19. The average molecular weight is 357 g/mol. The number of methoxy groups -OCH3 is 1. The number of anilines is 1. The van der Waals surface area contributed by atoms with Crippen molar-refractivity contribution in [2.45, 2.75) is 32.7 Å². The van der Waals surface area contributed by atoms with Gasteiger partial charge in [-0.25, -0.2) is 14.7 Å². The molecule has 1 fully saturated rings. The Labute approximate surface area is 150 Å². The van der Waals surface area contributed by atoms with E-state index in [4.69, 9.17) is 0 Å². The Bertz CT molecular complexity index is 855. The van der Waals surface area contributed by atoms with Crippen LogP contribution in [-0.4, -0.2) is 41.3 Å². The summed E-state index contributed by atoms with van der Waals surface area (Å²) < 4.78 is 4.65. The van der Waals surface area contributed by atoms with Crippen molar-refractivity contribution in [3.8, 4) is 0 Å². The van der Waals surface area contributed by atoms with Crippen molar-refractivity contribution in [3.05, 3.63) is 41.1 Å². The molecular weight excluding hydrogens is 338 g/mol. The predicted octanol–water partition coefficient (Wildman–Crippen LogP) is 0.729. The van der Waals surface area contributed by atoms with Gasteiger partial charge in [-0.15, -0.1) is 0 Å². The average Bonchev–Trinajstić information content (AvgIpc) is 3.04. The molecule has 2 aliphatic rings. The number of hydrogen-bond donors (Lipinski definition) is 1. The number of carbonyl (C=O) groups is 4. The van der Waals surface area contributed by atoms with Gasteiger partial charge in [-0.1, -0.05) is 6.07 Å². The molecule has 136 valence electrons. The highest BCUT2D eigenvalue weighted by atomic mass is 16.5. The number of nitrogens with one attached hydrogen (secondary N) is 1. The van der Waals surface area contributed by atoms with Crippen LogP contribution in [0.3, 0.4) is 0 Å². The molecule has 1 aromatic carbocycles. The van der Waals surface area contributed by atoms with Crippen LogP contribution < -0.4 is 10.3 Å². The van der Waals surface area contributed by atoms with Gasteiger partial charge in [-0.05, 0) is 43.2 Å². The smallest absolute Gasteiger partial charge is 0.355 e. The van der Waals surface area contributed by atoms with Crippen molar-refractivity contribution in [2.24, 2.45) is 0 Å². The van der Waals surface area contributed by atoms with E-state index in [2.05, 4.69) is 10.2 Å². The lowest BCUT2D eigenvalue weighted by Gasteiger charge is -2.30. The van der Waals surface area contributed by atoms with Gasteiger partial charge in [0.1, 0.15) is 5.70 Å². The van der Waals surface area contributed by atoms with E-state index in [-0.39, 0.29) is 12.1 Å². The van der Waals surface area contributed by atoms with Gasteiger partial charge in [-0.2, -0.15) is 0 Å². The van der Waals surface area contributed by atoms with Crippen LogP contribution in [0.4, 0.5) is 5.69 Å². The molecule has 8 nitrogen and oxygen atoms in total. The number of aryl methyl sites for hydroxylation is 2. The normalized spacial score (nSPS) is 21.9. The Balaban J connectivity index is 2.09. The number of benzene rings is 1. The fourth-order valence-corrected chi connectivity index (χ4v) is 3.45. The summed E-state index contributed by atoms with van der Waals surface area (Å²) in [5, 5.41) is 1.02. The minimum Gasteiger partial charge on any atom is -0.464 e. The van der Waals surface area contributed by atoms with Crippen molar-refractivity contribution in [1.29, 1.82) is 0 Å². The fourth-order valence-electron chi connectivity index (χ4n) is 3.45. The molecule has 0 radical (unpaired) electrons. The third kappa shape index (κ3) is 2.54. The van der Waals surface area contributed by atoms with E-state index in [0.717, 1.165) is 21.0 Å². The lowest BCUT2D eigenvalue weighted by Crippen LogP contribution is -2.56. The molecule has 1 aromatic rings. The molecule has 26 heavy (non-hydrogen) atoms. The van der Waals surface area contributed by atoms with E-state index in [0.29, 0.717) is 5.69 Å². The summed E-state index contributed by atoms with van der Waals surface area (Å²) >= 11 is 0. The van der Waals surface area contributed by atoms with Crippen molar-refractivity contribution in [2.75, 3.05) is 12.0 Å². The molecule has 0 aromatic heterocycles. The second kappa shape index (κ2) is 5.98. The highest BCUT2D eigenvalue weighted by Gasteiger charge is 2.59. The number of imide groups is 1. The SMILES string of the molecule is COC(=O)C1=C[C@@]2(CC(=O)N(c3cc(C)cc(C)c3)C2=O)N(C(C)=O)N1. The largest absolute Gasteiger partial charge is 0.464 e. The van der Waals surface area contributed by atoms with E-state index < -0.39 is 29.2 Å². The maximum Gasteiger partial charge on any atom is 0.355 e. The van der Waals surface area contributed by atoms with Crippen LogP contribution in [-0.2, 0) is 23.9 Å². The zero-order chi connectivity index (χ0) is 19.2. The van der Waals surface area contributed by atoms with Crippen LogP contribution in [0.25, 0.3) is 0 Å². The van der Waals surface area contributed by atoms with Gasteiger partial charge in [0.15, 0.2) is 5.54 Å². The van der Waals surface area contributed by atoms with E-state index in [1.165, 1.54) is 20.1 Å². The molecule has 8 heteroatoms.